The molecule has 6 heteroatoms. The molecule has 0 saturated heterocycles. The first kappa shape index (κ1) is 17.9. The Balaban J connectivity index is 3.63. The van der Waals surface area contributed by atoms with Crippen LogP contribution in [0.2, 0.25) is 0 Å². The van der Waals surface area contributed by atoms with E-state index in [4.69, 9.17) is 14.2 Å². The van der Waals surface area contributed by atoms with Gasteiger partial charge in [0.05, 0.1) is 19.3 Å². The Morgan fingerprint density at radius 1 is 0.950 bits per heavy atom. The Hall–Kier alpha value is -2.11. The lowest BCUT2D eigenvalue weighted by Gasteiger charge is -2.04. The van der Waals surface area contributed by atoms with E-state index in [9.17, 15) is 14.4 Å². The monoisotopic (exact) mass is 284 g/mol. The first-order valence-corrected chi connectivity index (χ1v) is 6.30. The van der Waals surface area contributed by atoms with Crippen molar-refractivity contribution in [3.05, 3.63) is 24.8 Å². The minimum atomic E-state index is -0.617. The number of hydrogen-bond donors (Lipinski definition) is 0. The standard InChI is InChI=1S/C14H20O6/c1-4-12(15)18-9-5-6-10-19-13(16)7-8-14(17)20-11(2)3/h4,7-8,11H,1,5-6,9-10H2,2-3H3/b8-7+. The van der Waals surface area contributed by atoms with Gasteiger partial charge in [-0.15, -0.1) is 0 Å². The highest BCUT2D eigenvalue weighted by molar-refractivity contribution is 5.91. The van der Waals surface area contributed by atoms with Crippen LogP contribution in [0.4, 0.5) is 0 Å². The predicted octanol–water partition coefficient (Wildman–Crippen LogP) is 1.55. The summed E-state index contributed by atoms with van der Waals surface area (Å²) >= 11 is 0. The zero-order valence-electron chi connectivity index (χ0n) is 11.8. The van der Waals surface area contributed by atoms with E-state index in [0.29, 0.717) is 12.8 Å². The molecule has 0 aliphatic carbocycles. The fourth-order valence-corrected chi connectivity index (χ4v) is 1.06. The summed E-state index contributed by atoms with van der Waals surface area (Å²) in [6.07, 6.45) is 4.02. The highest BCUT2D eigenvalue weighted by Crippen LogP contribution is 1.95. The Labute approximate surface area is 118 Å². The van der Waals surface area contributed by atoms with Crippen molar-refractivity contribution in [3.8, 4) is 0 Å². The number of rotatable bonds is 9. The van der Waals surface area contributed by atoms with Crippen molar-refractivity contribution in [1.29, 1.82) is 0 Å². The lowest BCUT2D eigenvalue weighted by molar-refractivity contribution is -0.142. The van der Waals surface area contributed by atoms with Crippen molar-refractivity contribution >= 4 is 17.9 Å². The van der Waals surface area contributed by atoms with Gasteiger partial charge in [-0.05, 0) is 26.7 Å². The highest BCUT2D eigenvalue weighted by atomic mass is 16.5. The summed E-state index contributed by atoms with van der Waals surface area (Å²) in [6, 6.07) is 0. The van der Waals surface area contributed by atoms with Gasteiger partial charge in [-0.25, -0.2) is 14.4 Å². The number of carbonyl (C=O) groups is 3. The normalized spacial score (nSPS) is 10.3. The van der Waals surface area contributed by atoms with Crippen LogP contribution in [0.1, 0.15) is 26.7 Å². The van der Waals surface area contributed by atoms with Crippen LogP contribution in [0.5, 0.6) is 0 Å². The summed E-state index contributed by atoms with van der Waals surface area (Å²) in [4.78, 5) is 33.0. The fourth-order valence-electron chi connectivity index (χ4n) is 1.06. The molecule has 0 aromatic carbocycles. The number of ether oxygens (including phenoxy) is 3. The molecule has 0 aromatic rings. The van der Waals surface area contributed by atoms with Crippen molar-refractivity contribution in [2.75, 3.05) is 13.2 Å². The SMILES string of the molecule is C=CC(=O)OCCCCOC(=O)/C=C/C(=O)OC(C)C. The van der Waals surface area contributed by atoms with Crippen LogP contribution in [-0.2, 0) is 28.6 Å². The third-order valence-corrected chi connectivity index (χ3v) is 1.90. The second-order valence-corrected chi connectivity index (χ2v) is 4.07. The number of carbonyl (C=O) groups excluding carboxylic acids is 3. The third-order valence-electron chi connectivity index (χ3n) is 1.90. The van der Waals surface area contributed by atoms with Crippen molar-refractivity contribution in [1.82, 2.24) is 0 Å². The maximum absolute atomic E-state index is 11.2. The first-order chi connectivity index (χ1) is 9.45. The van der Waals surface area contributed by atoms with Crippen LogP contribution in [0.3, 0.4) is 0 Å². The van der Waals surface area contributed by atoms with Crippen LogP contribution < -0.4 is 0 Å². The molecule has 20 heavy (non-hydrogen) atoms. The van der Waals surface area contributed by atoms with Crippen molar-refractivity contribution < 1.29 is 28.6 Å². The molecular weight excluding hydrogens is 264 g/mol. The molecule has 0 atom stereocenters. The zero-order valence-corrected chi connectivity index (χ0v) is 11.8. The van der Waals surface area contributed by atoms with Crippen molar-refractivity contribution in [3.63, 3.8) is 0 Å². The van der Waals surface area contributed by atoms with Gasteiger partial charge < -0.3 is 14.2 Å². The molecule has 0 unspecified atom stereocenters. The van der Waals surface area contributed by atoms with Crippen molar-refractivity contribution in [2.45, 2.75) is 32.8 Å². The molecule has 0 saturated carbocycles. The molecule has 0 aliphatic rings. The molecule has 0 radical (unpaired) electrons. The van der Waals surface area contributed by atoms with E-state index in [2.05, 4.69) is 6.58 Å². The van der Waals surface area contributed by atoms with Crippen LogP contribution in [0.15, 0.2) is 24.8 Å². The molecule has 0 aliphatic heterocycles. The maximum atomic E-state index is 11.2. The minimum Gasteiger partial charge on any atom is -0.463 e. The Bertz CT molecular complexity index is 370. The van der Waals surface area contributed by atoms with Gasteiger partial charge in [0.25, 0.3) is 0 Å². The van der Waals surface area contributed by atoms with E-state index in [-0.39, 0.29) is 19.3 Å². The number of hydrogen-bond acceptors (Lipinski definition) is 6. The molecule has 0 fully saturated rings. The van der Waals surface area contributed by atoms with E-state index in [1.165, 1.54) is 0 Å². The molecule has 0 heterocycles. The molecule has 0 rings (SSSR count). The quantitative estimate of drug-likeness (QED) is 0.276. The highest BCUT2D eigenvalue weighted by Gasteiger charge is 2.03. The van der Waals surface area contributed by atoms with Gasteiger partial charge in [0, 0.05) is 18.2 Å². The van der Waals surface area contributed by atoms with E-state index in [1.54, 1.807) is 13.8 Å². The Morgan fingerprint density at radius 2 is 1.45 bits per heavy atom. The molecule has 0 aromatic heterocycles. The third kappa shape index (κ3) is 11.0. The zero-order chi connectivity index (χ0) is 15.4. The second-order valence-electron chi connectivity index (χ2n) is 4.07. The maximum Gasteiger partial charge on any atom is 0.331 e. The van der Waals surface area contributed by atoms with E-state index in [1.807, 2.05) is 0 Å². The van der Waals surface area contributed by atoms with Gasteiger partial charge in [0.2, 0.25) is 0 Å². The molecule has 6 nitrogen and oxygen atoms in total. The van der Waals surface area contributed by atoms with Gasteiger partial charge in [-0.3, -0.25) is 0 Å². The lowest BCUT2D eigenvalue weighted by Crippen LogP contribution is -2.10. The molecule has 0 spiro atoms. The molecular formula is C14H20O6. The Kier molecular flexibility index (Phi) is 9.64. The summed E-state index contributed by atoms with van der Waals surface area (Å²) in [5, 5.41) is 0. The van der Waals surface area contributed by atoms with Gasteiger partial charge >= 0.3 is 17.9 Å². The average molecular weight is 284 g/mol. The van der Waals surface area contributed by atoms with Gasteiger partial charge in [0.1, 0.15) is 0 Å². The van der Waals surface area contributed by atoms with Crippen LogP contribution >= 0.6 is 0 Å². The smallest absolute Gasteiger partial charge is 0.331 e. The molecule has 0 bridgehead atoms. The van der Waals surface area contributed by atoms with E-state index >= 15 is 0 Å². The van der Waals surface area contributed by atoms with Crippen LogP contribution in [0.25, 0.3) is 0 Å². The topological polar surface area (TPSA) is 78.9 Å². The molecule has 0 N–H and O–H groups in total. The van der Waals surface area contributed by atoms with Crippen LogP contribution in [-0.4, -0.2) is 37.2 Å². The Morgan fingerprint density at radius 3 is 1.95 bits per heavy atom. The summed E-state index contributed by atoms with van der Waals surface area (Å²) in [7, 11) is 0. The largest absolute Gasteiger partial charge is 0.463 e. The number of esters is 3. The van der Waals surface area contributed by atoms with Gasteiger partial charge in [-0.2, -0.15) is 0 Å². The summed E-state index contributed by atoms with van der Waals surface area (Å²) in [5.41, 5.74) is 0. The minimum absolute atomic E-state index is 0.189. The summed E-state index contributed by atoms with van der Waals surface area (Å²) in [6.45, 7) is 7.12. The molecule has 112 valence electrons. The first-order valence-electron chi connectivity index (χ1n) is 6.30. The lowest BCUT2D eigenvalue weighted by atomic mass is 10.3. The second kappa shape index (κ2) is 10.8. The summed E-state index contributed by atoms with van der Waals surface area (Å²) in [5.74, 6) is -1.68. The van der Waals surface area contributed by atoms with Gasteiger partial charge in [0.15, 0.2) is 0 Å². The van der Waals surface area contributed by atoms with E-state index in [0.717, 1.165) is 18.2 Å². The van der Waals surface area contributed by atoms with Crippen molar-refractivity contribution in [2.24, 2.45) is 0 Å². The fraction of sp³-hybridized carbons (Fsp3) is 0.500. The van der Waals surface area contributed by atoms with Gasteiger partial charge in [-0.1, -0.05) is 6.58 Å². The summed E-state index contributed by atoms with van der Waals surface area (Å²) < 4.78 is 14.4. The van der Waals surface area contributed by atoms with E-state index < -0.39 is 17.9 Å². The predicted molar refractivity (Wildman–Crippen MR) is 71.7 cm³/mol. The molecule has 0 amide bonds. The average Bonchev–Trinajstić information content (AvgIpc) is 2.39. The van der Waals surface area contributed by atoms with Crippen LogP contribution in [0, 0.1) is 0 Å². The number of unbranched alkanes of at least 4 members (excludes halogenated alkanes) is 1.